The van der Waals surface area contributed by atoms with Gasteiger partial charge in [-0.2, -0.15) is 0 Å². The number of carbonyl (C=O) groups is 1. The lowest BCUT2D eigenvalue weighted by Crippen LogP contribution is -2.06. The van der Waals surface area contributed by atoms with Crippen molar-refractivity contribution in [2.24, 2.45) is 5.92 Å². The van der Waals surface area contributed by atoms with Crippen molar-refractivity contribution >= 4 is 5.97 Å². The van der Waals surface area contributed by atoms with Crippen molar-refractivity contribution in [2.75, 3.05) is 7.11 Å². The average Bonchev–Trinajstić information content (AvgIpc) is 2.17. The Labute approximate surface area is 88.0 Å². The average molecular weight is 200 g/mol. The second-order valence-electron chi connectivity index (χ2n) is 4.09. The van der Waals surface area contributed by atoms with Crippen LogP contribution in [0, 0.1) is 5.92 Å². The van der Waals surface area contributed by atoms with Crippen LogP contribution in [0.5, 0.6) is 0 Å². The number of esters is 1. The van der Waals surface area contributed by atoms with Crippen LogP contribution in [0.3, 0.4) is 0 Å². The van der Waals surface area contributed by atoms with Crippen LogP contribution in [0.1, 0.15) is 58.8 Å². The molecule has 0 rings (SSSR count). The molecule has 0 saturated heterocycles. The highest BCUT2D eigenvalue weighted by molar-refractivity contribution is 5.69. The summed E-state index contributed by atoms with van der Waals surface area (Å²) < 4.78 is 4.63. The topological polar surface area (TPSA) is 26.3 Å². The summed E-state index contributed by atoms with van der Waals surface area (Å²) in [7, 11) is 1.45. The Bertz CT molecular complexity index is 143. The first-order valence-corrected chi connectivity index (χ1v) is 5.77. The number of hydrogen-bond donors (Lipinski definition) is 0. The van der Waals surface area contributed by atoms with E-state index in [2.05, 4.69) is 18.6 Å². The minimum Gasteiger partial charge on any atom is -0.469 e. The summed E-state index contributed by atoms with van der Waals surface area (Å²) in [5.41, 5.74) is 0. The van der Waals surface area contributed by atoms with E-state index < -0.39 is 0 Å². The largest absolute Gasteiger partial charge is 0.469 e. The smallest absolute Gasteiger partial charge is 0.305 e. The van der Waals surface area contributed by atoms with Gasteiger partial charge < -0.3 is 4.74 Å². The third kappa shape index (κ3) is 8.09. The highest BCUT2D eigenvalue weighted by Gasteiger charge is 2.08. The third-order valence-corrected chi connectivity index (χ3v) is 2.54. The Morgan fingerprint density at radius 3 is 2.43 bits per heavy atom. The van der Waals surface area contributed by atoms with Crippen LogP contribution in [-0.4, -0.2) is 13.1 Å². The van der Waals surface area contributed by atoms with Crippen molar-refractivity contribution in [1.82, 2.24) is 0 Å². The van der Waals surface area contributed by atoms with E-state index in [9.17, 15) is 4.79 Å². The lowest BCUT2D eigenvalue weighted by molar-refractivity contribution is -0.141. The van der Waals surface area contributed by atoms with Crippen molar-refractivity contribution in [2.45, 2.75) is 58.8 Å². The van der Waals surface area contributed by atoms with Gasteiger partial charge >= 0.3 is 5.97 Å². The molecule has 0 fully saturated rings. The zero-order valence-corrected chi connectivity index (χ0v) is 9.84. The van der Waals surface area contributed by atoms with Gasteiger partial charge in [0.05, 0.1) is 7.11 Å². The molecule has 0 aromatic rings. The minimum absolute atomic E-state index is 0.0777. The number of unbranched alkanes of at least 4 members (excludes halogenated alkanes) is 4. The second kappa shape index (κ2) is 9.04. The number of ether oxygens (including phenoxy) is 1. The maximum atomic E-state index is 10.9. The zero-order chi connectivity index (χ0) is 10.8. The van der Waals surface area contributed by atoms with E-state index in [1.807, 2.05) is 0 Å². The molecule has 0 aliphatic rings. The van der Waals surface area contributed by atoms with Crippen molar-refractivity contribution in [1.29, 1.82) is 0 Å². The molecule has 0 amide bonds. The van der Waals surface area contributed by atoms with Gasteiger partial charge in [0.2, 0.25) is 0 Å². The van der Waals surface area contributed by atoms with Crippen molar-refractivity contribution in [3.05, 3.63) is 0 Å². The van der Waals surface area contributed by atoms with E-state index in [0.717, 1.165) is 6.42 Å². The van der Waals surface area contributed by atoms with Gasteiger partial charge in [-0.3, -0.25) is 4.79 Å². The molecule has 2 heteroatoms. The lowest BCUT2D eigenvalue weighted by Gasteiger charge is -2.09. The standard InChI is InChI=1S/C12H24O2/c1-4-5-6-7-8-9-11(2)10-12(13)14-3/h11H,4-10H2,1-3H3/t11-/m0/s1. The van der Waals surface area contributed by atoms with Gasteiger partial charge in [-0.1, -0.05) is 52.4 Å². The number of hydrogen-bond acceptors (Lipinski definition) is 2. The fraction of sp³-hybridized carbons (Fsp3) is 0.917. The van der Waals surface area contributed by atoms with Crippen LogP contribution < -0.4 is 0 Å². The maximum Gasteiger partial charge on any atom is 0.305 e. The molecule has 1 atom stereocenters. The Kier molecular flexibility index (Phi) is 8.70. The quantitative estimate of drug-likeness (QED) is 0.442. The molecule has 0 aliphatic heterocycles. The molecule has 0 bridgehead atoms. The summed E-state index contributed by atoms with van der Waals surface area (Å²) >= 11 is 0. The molecule has 0 unspecified atom stereocenters. The summed E-state index contributed by atoms with van der Waals surface area (Å²) in [5.74, 6) is 0.398. The van der Waals surface area contributed by atoms with Gasteiger partial charge in [0.15, 0.2) is 0 Å². The molecule has 0 aromatic heterocycles. The summed E-state index contributed by atoms with van der Waals surface area (Å²) in [6.07, 6.45) is 8.24. The Hall–Kier alpha value is -0.530. The molecule has 0 saturated carbocycles. The second-order valence-corrected chi connectivity index (χ2v) is 4.09. The van der Waals surface area contributed by atoms with Crippen LogP contribution in [-0.2, 0) is 9.53 Å². The number of carbonyl (C=O) groups excluding carboxylic acids is 1. The molecule has 2 nitrogen and oxygen atoms in total. The van der Waals surface area contributed by atoms with Crippen LogP contribution in [0.15, 0.2) is 0 Å². The molecular formula is C12H24O2. The summed E-state index contributed by atoms with van der Waals surface area (Å²) in [4.78, 5) is 10.9. The Morgan fingerprint density at radius 2 is 1.86 bits per heavy atom. The molecule has 14 heavy (non-hydrogen) atoms. The maximum absolute atomic E-state index is 10.9. The fourth-order valence-electron chi connectivity index (χ4n) is 1.57. The molecule has 0 aromatic carbocycles. The van der Waals surface area contributed by atoms with E-state index in [4.69, 9.17) is 0 Å². The molecule has 0 aliphatic carbocycles. The summed E-state index contributed by atoms with van der Waals surface area (Å²) in [6.45, 7) is 4.34. The van der Waals surface area contributed by atoms with E-state index in [0.29, 0.717) is 12.3 Å². The first-order chi connectivity index (χ1) is 6.70. The highest BCUT2D eigenvalue weighted by Crippen LogP contribution is 2.14. The lowest BCUT2D eigenvalue weighted by atomic mass is 9.99. The normalized spacial score (nSPS) is 12.5. The molecule has 84 valence electrons. The third-order valence-electron chi connectivity index (χ3n) is 2.54. The SMILES string of the molecule is CCCCCCC[C@H](C)CC(=O)OC. The summed E-state index contributed by atoms with van der Waals surface area (Å²) in [5, 5.41) is 0. The van der Waals surface area contributed by atoms with Gasteiger partial charge in [0, 0.05) is 6.42 Å². The Morgan fingerprint density at radius 1 is 1.21 bits per heavy atom. The zero-order valence-electron chi connectivity index (χ0n) is 9.84. The van der Waals surface area contributed by atoms with E-state index in [-0.39, 0.29) is 5.97 Å². The van der Waals surface area contributed by atoms with Crippen molar-refractivity contribution < 1.29 is 9.53 Å². The van der Waals surface area contributed by atoms with Gasteiger partial charge in [-0.15, -0.1) is 0 Å². The minimum atomic E-state index is -0.0777. The first kappa shape index (κ1) is 13.5. The van der Waals surface area contributed by atoms with E-state index in [1.54, 1.807) is 0 Å². The van der Waals surface area contributed by atoms with Gasteiger partial charge in [-0.05, 0) is 5.92 Å². The summed E-state index contributed by atoms with van der Waals surface area (Å²) in [6, 6.07) is 0. The molecule has 0 heterocycles. The number of rotatable bonds is 8. The van der Waals surface area contributed by atoms with Gasteiger partial charge in [0.1, 0.15) is 0 Å². The first-order valence-electron chi connectivity index (χ1n) is 5.77. The van der Waals surface area contributed by atoms with Gasteiger partial charge in [-0.25, -0.2) is 0 Å². The molecule has 0 spiro atoms. The predicted octanol–water partition coefficient (Wildman–Crippen LogP) is 3.55. The monoisotopic (exact) mass is 200 g/mol. The highest BCUT2D eigenvalue weighted by atomic mass is 16.5. The fourth-order valence-corrected chi connectivity index (χ4v) is 1.57. The van der Waals surface area contributed by atoms with Crippen LogP contribution in [0.25, 0.3) is 0 Å². The van der Waals surface area contributed by atoms with Crippen molar-refractivity contribution in [3.63, 3.8) is 0 Å². The van der Waals surface area contributed by atoms with Crippen LogP contribution >= 0.6 is 0 Å². The van der Waals surface area contributed by atoms with Crippen LogP contribution in [0.2, 0.25) is 0 Å². The molecule has 0 N–H and O–H groups in total. The van der Waals surface area contributed by atoms with E-state index in [1.165, 1.54) is 39.2 Å². The Balaban J connectivity index is 3.26. The van der Waals surface area contributed by atoms with E-state index >= 15 is 0 Å². The van der Waals surface area contributed by atoms with Crippen LogP contribution in [0.4, 0.5) is 0 Å². The predicted molar refractivity (Wildman–Crippen MR) is 59.2 cm³/mol. The van der Waals surface area contributed by atoms with Crippen molar-refractivity contribution in [3.8, 4) is 0 Å². The molecular weight excluding hydrogens is 176 g/mol. The van der Waals surface area contributed by atoms with Gasteiger partial charge in [0.25, 0.3) is 0 Å². The molecule has 0 radical (unpaired) electrons. The number of methoxy groups -OCH3 is 1.